The third kappa shape index (κ3) is 5.39. The van der Waals surface area contributed by atoms with Crippen molar-refractivity contribution in [3.05, 3.63) is 65.7 Å². The fourth-order valence-corrected chi connectivity index (χ4v) is 2.80. The molecule has 0 heterocycles. The van der Waals surface area contributed by atoms with Crippen LogP contribution in [0, 0.1) is 0 Å². The quantitative estimate of drug-likeness (QED) is 0.645. The van der Waals surface area contributed by atoms with Gasteiger partial charge in [-0.15, -0.1) is 0 Å². The van der Waals surface area contributed by atoms with E-state index in [1.807, 2.05) is 42.5 Å². The number of amides is 1. The van der Waals surface area contributed by atoms with Gasteiger partial charge in [0, 0.05) is 30.9 Å². The summed E-state index contributed by atoms with van der Waals surface area (Å²) in [6.07, 6.45) is 1.29. The van der Waals surface area contributed by atoms with E-state index >= 15 is 0 Å². The van der Waals surface area contributed by atoms with Crippen LogP contribution in [0.15, 0.2) is 54.6 Å². The molecule has 2 aromatic carbocycles. The molecule has 0 bridgehead atoms. The highest BCUT2D eigenvalue weighted by molar-refractivity contribution is 5.77. The molecular weight excluding hydrogens is 300 g/mol. The zero-order valence-electron chi connectivity index (χ0n) is 14.5. The van der Waals surface area contributed by atoms with E-state index in [-0.39, 0.29) is 17.6 Å². The third-order valence-corrected chi connectivity index (χ3v) is 4.08. The Balaban J connectivity index is 2.07. The lowest BCUT2D eigenvalue weighted by atomic mass is 9.87. The Bertz CT molecular complexity index is 641. The Kier molecular flexibility index (Phi) is 6.82. The molecule has 0 aromatic heterocycles. The first-order valence-electron chi connectivity index (χ1n) is 8.46. The monoisotopic (exact) mass is 327 g/mol. The molecule has 0 radical (unpaired) electrons. The van der Waals surface area contributed by atoms with Crippen molar-refractivity contribution in [1.29, 1.82) is 0 Å². The van der Waals surface area contributed by atoms with Crippen LogP contribution in [0.5, 0.6) is 5.75 Å². The van der Waals surface area contributed by atoms with Crippen molar-refractivity contribution in [2.45, 2.75) is 18.8 Å². The molecule has 0 unspecified atom stereocenters. The van der Waals surface area contributed by atoms with Crippen LogP contribution in [-0.2, 0) is 4.79 Å². The number of carbonyl (C=O) groups is 1. The minimum absolute atomic E-state index is 0.0147. The Labute approximate surface area is 144 Å². The molecule has 2 rings (SSSR count). The van der Waals surface area contributed by atoms with Gasteiger partial charge in [-0.05, 0) is 11.6 Å². The lowest BCUT2D eigenvalue weighted by Crippen LogP contribution is -3.05. The number of aromatic hydroxyl groups is 1. The van der Waals surface area contributed by atoms with Gasteiger partial charge in [0.2, 0.25) is 5.91 Å². The smallest absolute Gasteiger partial charge is 0.220 e. The third-order valence-electron chi connectivity index (χ3n) is 4.08. The SMILES string of the molecule is C[NH+](C)CCCNC(=O)C[C@H](c1ccccc1)c1ccccc1O. The van der Waals surface area contributed by atoms with Crippen molar-refractivity contribution in [1.82, 2.24) is 5.32 Å². The van der Waals surface area contributed by atoms with E-state index in [0.717, 1.165) is 24.1 Å². The standard InChI is InChI=1S/C20H26N2O2/c1-22(2)14-8-13-21-20(24)15-18(16-9-4-3-5-10-16)17-11-6-7-12-19(17)23/h3-7,9-12,18,23H,8,13-15H2,1-2H3,(H,21,24)/p+1/t18-/m1/s1. The predicted molar refractivity (Wildman–Crippen MR) is 96.3 cm³/mol. The highest BCUT2D eigenvalue weighted by Crippen LogP contribution is 2.33. The molecule has 0 fully saturated rings. The van der Waals surface area contributed by atoms with Gasteiger partial charge in [0.05, 0.1) is 20.6 Å². The molecule has 3 N–H and O–H groups in total. The maximum atomic E-state index is 12.4. The topological polar surface area (TPSA) is 53.8 Å². The average Bonchev–Trinajstić information content (AvgIpc) is 2.58. The zero-order valence-corrected chi connectivity index (χ0v) is 14.5. The van der Waals surface area contributed by atoms with E-state index in [4.69, 9.17) is 0 Å². The van der Waals surface area contributed by atoms with E-state index in [1.54, 1.807) is 12.1 Å². The molecule has 24 heavy (non-hydrogen) atoms. The number of benzene rings is 2. The van der Waals surface area contributed by atoms with Crippen LogP contribution in [0.25, 0.3) is 0 Å². The van der Waals surface area contributed by atoms with Crippen LogP contribution in [0.3, 0.4) is 0 Å². The minimum Gasteiger partial charge on any atom is -0.508 e. The van der Waals surface area contributed by atoms with Gasteiger partial charge in [0.15, 0.2) is 0 Å². The number of hydrogen-bond donors (Lipinski definition) is 3. The number of para-hydroxylation sites is 1. The maximum Gasteiger partial charge on any atom is 0.220 e. The first-order chi connectivity index (χ1) is 11.6. The molecule has 0 aliphatic carbocycles. The number of phenols is 1. The zero-order chi connectivity index (χ0) is 17.4. The Morgan fingerprint density at radius 1 is 1.08 bits per heavy atom. The molecule has 0 aliphatic rings. The summed E-state index contributed by atoms with van der Waals surface area (Å²) >= 11 is 0. The van der Waals surface area contributed by atoms with Gasteiger partial charge in [-0.2, -0.15) is 0 Å². The Morgan fingerprint density at radius 3 is 2.42 bits per heavy atom. The van der Waals surface area contributed by atoms with E-state index in [0.29, 0.717) is 13.0 Å². The van der Waals surface area contributed by atoms with E-state index in [9.17, 15) is 9.90 Å². The summed E-state index contributed by atoms with van der Waals surface area (Å²) < 4.78 is 0. The fourth-order valence-electron chi connectivity index (χ4n) is 2.80. The molecular formula is C20H27N2O2+. The molecule has 4 nitrogen and oxygen atoms in total. The lowest BCUT2D eigenvalue weighted by molar-refractivity contribution is -0.858. The summed E-state index contributed by atoms with van der Waals surface area (Å²) in [5.74, 6) is 0.100. The minimum atomic E-state index is -0.146. The summed E-state index contributed by atoms with van der Waals surface area (Å²) in [6, 6.07) is 17.1. The average molecular weight is 327 g/mol. The molecule has 2 aromatic rings. The van der Waals surface area contributed by atoms with Gasteiger partial charge < -0.3 is 15.3 Å². The van der Waals surface area contributed by atoms with Crippen molar-refractivity contribution in [3.8, 4) is 5.75 Å². The summed E-state index contributed by atoms with van der Waals surface area (Å²) in [5.41, 5.74) is 1.82. The number of nitrogens with one attached hydrogen (secondary N) is 2. The largest absolute Gasteiger partial charge is 0.508 e. The molecule has 0 aliphatic heterocycles. The number of quaternary nitrogens is 1. The Morgan fingerprint density at radius 2 is 1.75 bits per heavy atom. The van der Waals surface area contributed by atoms with Crippen LogP contribution in [0.1, 0.15) is 29.9 Å². The molecule has 128 valence electrons. The van der Waals surface area contributed by atoms with Gasteiger partial charge >= 0.3 is 0 Å². The van der Waals surface area contributed by atoms with E-state index in [2.05, 4.69) is 19.4 Å². The van der Waals surface area contributed by atoms with Gasteiger partial charge in [0.1, 0.15) is 5.75 Å². The Hall–Kier alpha value is -2.33. The fraction of sp³-hybridized carbons (Fsp3) is 0.350. The van der Waals surface area contributed by atoms with Gasteiger partial charge in [0.25, 0.3) is 0 Å². The van der Waals surface area contributed by atoms with Crippen molar-refractivity contribution in [3.63, 3.8) is 0 Å². The molecule has 4 heteroatoms. The van der Waals surface area contributed by atoms with Gasteiger partial charge in [-0.1, -0.05) is 48.5 Å². The summed E-state index contributed by atoms with van der Waals surface area (Å²) in [7, 11) is 4.21. The number of phenolic OH excluding ortho intramolecular Hbond substituents is 1. The molecule has 0 spiro atoms. The van der Waals surface area contributed by atoms with Crippen LogP contribution < -0.4 is 10.2 Å². The van der Waals surface area contributed by atoms with Crippen molar-refractivity contribution in [2.24, 2.45) is 0 Å². The van der Waals surface area contributed by atoms with Crippen LogP contribution >= 0.6 is 0 Å². The molecule has 1 amide bonds. The molecule has 0 saturated carbocycles. The highest BCUT2D eigenvalue weighted by Gasteiger charge is 2.20. The van der Waals surface area contributed by atoms with Crippen LogP contribution in [0.4, 0.5) is 0 Å². The molecule has 0 saturated heterocycles. The second kappa shape index (κ2) is 9.08. The summed E-state index contributed by atoms with van der Waals surface area (Å²) in [4.78, 5) is 13.7. The number of hydrogen-bond acceptors (Lipinski definition) is 2. The van der Waals surface area contributed by atoms with Gasteiger partial charge in [-0.25, -0.2) is 0 Å². The second-order valence-electron chi connectivity index (χ2n) is 6.39. The van der Waals surface area contributed by atoms with E-state index < -0.39 is 0 Å². The lowest BCUT2D eigenvalue weighted by Gasteiger charge is -2.19. The molecule has 1 atom stereocenters. The van der Waals surface area contributed by atoms with Crippen molar-refractivity contribution in [2.75, 3.05) is 27.2 Å². The first-order valence-corrected chi connectivity index (χ1v) is 8.46. The van der Waals surface area contributed by atoms with Gasteiger partial charge in [-0.3, -0.25) is 4.79 Å². The normalized spacial score (nSPS) is 12.1. The van der Waals surface area contributed by atoms with Crippen molar-refractivity contribution < 1.29 is 14.8 Å². The number of rotatable bonds is 8. The highest BCUT2D eigenvalue weighted by atomic mass is 16.3. The summed E-state index contributed by atoms with van der Waals surface area (Å²) in [5, 5.41) is 13.2. The van der Waals surface area contributed by atoms with E-state index in [1.165, 1.54) is 4.90 Å². The predicted octanol–water partition coefficient (Wildman–Crippen LogP) is 1.57. The second-order valence-corrected chi connectivity index (χ2v) is 6.39. The summed E-state index contributed by atoms with van der Waals surface area (Å²) in [6.45, 7) is 1.72. The van der Waals surface area contributed by atoms with Crippen LogP contribution in [-0.4, -0.2) is 38.2 Å². The first kappa shape index (κ1) is 18.0. The number of carbonyl (C=O) groups excluding carboxylic acids is 1. The van der Waals surface area contributed by atoms with Crippen molar-refractivity contribution >= 4 is 5.91 Å². The maximum absolute atomic E-state index is 12.4. The van der Waals surface area contributed by atoms with Crippen LogP contribution in [0.2, 0.25) is 0 Å².